The molecular formula is C21H37NOSi. The largest absolute Gasteiger partial charge is 0.418 e. The average molecular weight is 348 g/mol. The Morgan fingerprint density at radius 3 is 2.38 bits per heavy atom. The SMILES string of the molecule is CC(C)CC(CCC1CCN(Cc2ccccc2)CC1)O[SiH](C)C. The first-order valence-corrected chi connectivity index (χ1v) is 12.7. The molecule has 1 unspecified atom stereocenters. The summed E-state index contributed by atoms with van der Waals surface area (Å²) in [7, 11) is -0.920. The molecular weight excluding hydrogens is 310 g/mol. The van der Waals surface area contributed by atoms with Crippen molar-refractivity contribution in [3.05, 3.63) is 35.9 Å². The Morgan fingerprint density at radius 1 is 1.12 bits per heavy atom. The number of likely N-dealkylation sites (tertiary alicyclic amines) is 1. The van der Waals surface area contributed by atoms with Crippen molar-refractivity contribution in [1.29, 1.82) is 0 Å². The van der Waals surface area contributed by atoms with Crippen LogP contribution in [-0.2, 0) is 11.0 Å². The van der Waals surface area contributed by atoms with Gasteiger partial charge in [0.15, 0.2) is 9.04 Å². The predicted molar refractivity (Wildman–Crippen MR) is 107 cm³/mol. The molecule has 0 N–H and O–H groups in total. The zero-order valence-corrected chi connectivity index (χ0v) is 17.4. The van der Waals surface area contributed by atoms with Gasteiger partial charge in [0.1, 0.15) is 0 Å². The number of benzene rings is 1. The Bertz CT molecular complexity index is 430. The Morgan fingerprint density at radius 2 is 1.79 bits per heavy atom. The third kappa shape index (κ3) is 7.50. The second-order valence-corrected chi connectivity index (χ2v) is 10.6. The van der Waals surface area contributed by atoms with Gasteiger partial charge in [0.25, 0.3) is 0 Å². The molecule has 1 aromatic rings. The van der Waals surface area contributed by atoms with Gasteiger partial charge in [-0.25, -0.2) is 0 Å². The number of piperidine rings is 1. The summed E-state index contributed by atoms with van der Waals surface area (Å²) in [6.45, 7) is 12.9. The number of nitrogens with zero attached hydrogens (tertiary/aromatic N) is 1. The molecule has 1 aliphatic heterocycles. The number of hydrogen-bond donors (Lipinski definition) is 0. The van der Waals surface area contributed by atoms with Crippen molar-refractivity contribution in [2.45, 2.75) is 71.7 Å². The van der Waals surface area contributed by atoms with Crippen LogP contribution >= 0.6 is 0 Å². The summed E-state index contributed by atoms with van der Waals surface area (Å²) in [5, 5.41) is 0. The summed E-state index contributed by atoms with van der Waals surface area (Å²) in [6, 6.07) is 10.9. The van der Waals surface area contributed by atoms with E-state index in [1.807, 2.05) is 0 Å². The van der Waals surface area contributed by atoms with Crippen LogP contribution < -0.4 is 0 Å². The van der Waals surface area contributed by atoms with Crippen molar-refractivity contribution in [2.75, 3.05) is 13.1 Å². The van der Waals surface area contributed by atoms with Crippen LogP contribution in [0, 0.1) is 11.8 Å². The Hall–Kier alpha value is -0.643. The molecule has 24 heavy (non-hydrogen) atoms. The quantitative estimate of drug-likeness (QED) is 0.577. The van der Waals surface area contributed by atoms with Crippen LogP contribution in [-0.4, -0.2) is 33.1 Å². The van der Waals surface area contributed by atoms with Gasteiger partial charge in [0, 0.05) is 12.6 Å². The van der Waals surface area contributed by atoms with Crippen molar-refractivity contribution < 1.29 is 4.43 Å². The molecule has 0 aromatic heterocycles. The average Bonchev–Trinajstić information content (AvgIpc) is 2.54. The minimum absolute atomic E-state index is 0.513. The van der Waals surface area contributed by atoms with Crippen LogP contribution in [0.25, 0.3) is 0 Å². The maximum Gasteiger partial charge on any atom is 0.171 e. The van der Waals surface area contributed by atoms with Crippen molar-refractivity contribution in [1.82, 2.24) is 4.90 Å². The summed E-state index contributed by atoms with van der Waals surface area (Å²) >= 11 is 0. The highest BCUT2D eigenvalue weighted by molar-refractivity contribution is 6.48. The summed E-state index contributed by atoms with van der Waals surface area (Å²) < 4.78 is 6.28. The Labute approximate surface area is 151 Å². The van der Waals surface area contributed by atoms with E-state index >= 15 is 0 Å². The molecule has 0 bridgehead atoms. The van der Waals surface area contributed by atoms with E-state index in [1.165, 1.54) is 50.8 Å². The molecule has 0 spiro atoms. The van der Waals surface area contributed by atoms with Crippen LogP contribution in [0.15, 0.2) is 30.3 Å². The van der Waals surface area contributed by atoms with Crippen molar-refractivity contribution in [2.24, 2.45) is 11.8 Å². The molecule has 0 saturated carbocycles. The molecule has 2 nitrogen and oxygen atoms in total. The molecule has 0 amide bonds. The fourth-order valence-electron chi connectivity index (χ4n) is 3.85. The summed E-state index contributed by atoms with van der Waals surface area (Å²) in [5.74, 6) is 1.65. The molecule has 0 radical (unpaired) electrons. The van der Waals surface area contributed by atoms with Gasteiger partial charge in [-0.15, -0.1) is 0 Å². The number of hydrogen-bond acceptors (Lipinski definition) is 2. The van der Waals surface area contributed by atoms with E-state index in [9.17, 15) is 0 Å². The van der Waals surface area contributed by atoms with Crippen LogP contribution in [0.3, 0.4) is 0 Å². The summed E-state index contributed by atoms with van der Waals surface area (Å²) in [5.41, 5.74) is 1.45. The second-order valence-electron chi connectivity index (χ2n) is 8.22. The molecule has 3 heteroatoms. The van der Waals surface area contributed by atoms with Gasteiger partial charge in [-0.05, 0) is 75.7 Å². The molecule has 1 aliphatic rings. The maximum absolute atomic E-state index is 6.28. The minimum atomic E-state index is -0.920. The van der Waals surface area contributed by atoms with Gasteiger partial charge in [-0.3, -0.25) is 4.90 Å². The van der Waals surface area contributed by atoms with Gasteiger partial charge in [0.05, 0.1) is 0 Å². The lowest BCUT2D eigenvalue weighted by Gasteiger charge is -2.33. The normalized spacial score (nSPS) is 18.4. The first-order chi connectivity index (χ1) is 11.5. The highest BCUT2D eigenvalue weighted by Crippen LogP contribution is 2.26. The second kappa shape index (κ2) is 10.4. The lowest BCUT2D eigenvalue weighted by Crippen LogP contribution is -2.33. The molecule has 1 saturated heterocycles. The summed E-state index contributed by atoms with van der Waals surface area (Å²) in [4.78, 5) is 2.62. The highest BCUT2D eigenvalue weighted by atomic mass is 28.3. The van der Waals surface area contributed by atoms with E-state index in [1.54, 1.807) is 0 Å². The number of rotatable bonds is 9. The molecule has 0 aliphatic carbocycles. The zero-order chi connectivity index (χ0) is 17.4. The van der Waals surface area contributed by atoms with Crippen LogP contribution in [0.1, 0.15) is 51.5 Å². The fraction of sp³-hybridized carbons (Fsp3) is 0.714. The minimum Gasteiger partial charge on any atom is -0.418 e. The van der Waals surface area contributed by atoms with E-state index in [-0.39, 0.29) is 0 Å². The third-order valence-corrected chi connectivity index (χ3v) is 5.98. The van der Waals surface area contributed by atoms with Crippen LogP contribution in [0.2, 0.25) is 13.1 Å². The first kappa shape index (κ1) is 19.7. The van der Waals surface area contributed by atoms with Gasteiger partial charge < -0.3 is 4.43 Å². The van der Waals surface area contributed by atoms with E-state index in [0.717, 1.165) is 18.4 Å². The topological polar surface area (TPSA) is 12.5 Å². The molecule has 1 atom stereocenters. The van der Waals surface area contributed by atoms with Crippen molar-refractivity contribution in [3.8, 4) is 0 Å². The van der Waals surface area contributed by atoms with E-state index in [0.29, 0.717) is 6.10 Å². The standard InChI is InChI=1S/C21H37NOSi/c1-18(2)16-21(23-24(3)4)11-10-19-12-14-22(15-13-19)17-20-8-6-5-7-9-20/h5-9,18-19,21,24H,10-17H2,1-4H3. The van der Waals surface area contributed by atoms with E-state index < -0.39 is 9.04 Å². The zero-order valence-electron chi connectivity index (χ0n) is 16.2. The molecule has 2 rings (SSSR count). The lowest BCUT2D eigenvalue weighted by atomic mass is 9.89. The van der Waals surface area contributed by atoms with Gasteiger partial charge >= 0.3 is 0 Å². The van der Waals surface area contributed by atoms with E-state index in [2.05, 4.69) is 62.2 Å². The maximum atomic E-state index is 6.28. The van der Waals surface area contributed by atoms with Crippen molar-refractivity contribution in [3.63, 3.8) is 0 Å². The predicted octanol–water partition coefficient (Wildman–Crippen LogP) is 5.09. The molecule has 1 fully saturated rings. The van der Waals surface area contributed by atoms with Gasteiger partial charge in [-0.1, -0.05) is 44.2 Å². The van der Waals surface area contributed by atoms with Crippen molar-refractivity contribution >= 4 is 9.04 Å². The Kier molecular flexibility index (Phi) is 8.50. The molecule has 1 heterocycles. The van der Waals surface area contributed by atoms with Crippen LogP contribution in [0.5, 0.6) is 0 Å². The fourth-order valence-corrected chi connectivity index (χ4v) is 4.87. The third-order valence-electron chi connectivity index (χ3n) is 5.05. The Balaban J connectivity index is 1.69. The molecule has 136 valence electrons. The van der Waals surface area contributed by atoms with Gasteiger partial charge in [-0.2, -0.15) is 0 Å². The van der Waals surface area contributed by atoms with Crippen LogP contribution in [0.4, 0.5) is 0 Å². The smallest absolute Gasteiger partial charge is 0.171 e. The molecule has 1 aromatic carbocycles. The first-order valence-electron chi connectivity index (χ1n) is 9.94. The highest BCUT2D eigenvalue weighted by Gasteiger charge is 2.21. The summed E-state index contributed by atoms with van der Waals surface area (Å²) in [6.07, 6.45) is 7.10. The lowest BCUT2D eigenvalue weighted by molar-refractivity contribution is 0.132. The van der Waals surface area contributed by atoms with E-state index in [4.69, 9.17) is 4.43 Å². The van der Waals surface area contributed by atoms with Gasteiger partial charge in [0.2, 0.25) is 0 Å². The monoisotopic (exact) mass is 347 g/mol.